The lowest BCUT2D eigenvalue weighted by molar-refractivity contribution is 0.601. The van der Waals surface area contributed by atoms with Crippen molar-refractivity contribution in [2.75, 3.05) is 11.6 Å². The van der Waals surface area contributed by atoms with E-state index in [1.807, 2.05) is 5.38 Å². The minimum absolute atomic E-state index is 0.205. The van der Waals surface area contributed by atoms with E-state index in [2.05, 4.69) is 15.3 Å². The van der Waals surface area contributed by atoms with Crippen LogP contribution in [0.1, 0.15) is 5.01 Å². The van der Waals surface area contributed by atoms with Crippen LogP contribution in [0.25, 0.3) is 0 Å². The van der Waals surface area contributed by atoms with Crippen molar-refractivity contribution in [1.29, 1.82) is 0 Å². The van der Waals surface area contributed by atoms with Gasteiger partial charge in [-0.05, 0) is 12.1 Å². The second kappa shape index (κ2) is 4.80. The monoisotopic (exact) mass is 269 g/mol. The van der Waals surface area contributed by atoms with Gasteiger partial charge in [-0.2, -0.15) is 0 Å². The Labute approximate surface area is 103 Å². The normalized spacial score (nSPS) is 11.4. The molecule has 0 saturated heterocycles. The van der Waals surface area contributed by atoms with Crippen LogP contribution in [0.2, 0.25) is 0 Å². The smallest absolute Gasteiger partial charge is 0.179 e. The third-order valence-corrected chi connectivity index (χ3v) is 3.97. The predicted octanol–water partition coefficient (Wildman–Crippen LogP) is 1.55. The summed E-state index contributed by atoms with van der Waals surface area (Å²) in [6.45, 7) is 0.469. The molecule has 0 aromatic carbocycles. The summed E-state index contributed by atoms with van der Waals surface area (Å²) in [6.07, 6.45) is 4.43. The Morgan fingerprint density at radius 2 is 2.18 bits per heavy atom. The molecular weight excluding hydrogens is 258 g/mol. The summed E-state index contributed by atoms with van der Waals surface area (Å²) < 4.78 is 23.0. The molecule has 7 heteroatoms. The average molecular weight is 269 g/mol. The maximum atomic E-state index is 11.5. The molecule has 90 valence electrons. The van der Waals surface area contributed by atoms with E-state index in [9.17, 15) is 8.42 Å². The van der Waals surface area contributed by atoms with Crippen LogP contribution < -0.4 is 5.32 Å². The largest absolute Gasteiger partial charge is 0.362 e. The molecule has 0 unspecified atom stereocenters. The highest BCUT2D eigenvalue weighted by Crippen LogP contribution is 2.18. The number of pyridine rings is 1. The number of hydrogen-bond donors (Lipinski definition) is 1. The van der Waals surface area contributed by atoms with Crippen molar-refractivity contribution < 1.29 is 8.42 Å². The highest BCUT2D eigenvalue weighted by atomic mass is 32.2. The van der Waals surface area contributed by atoms with E-state index in [1.54, 1.807) is 18.5 Å². The molecule has 0 bridgehead atoms. The van der Waals surface area contributed by atoms with Gasteiger partial charge in [-0.1, -0.05) is 0 Å². The van der Waals surface area contributed by atoms with E-state index < -0.39 is 9.84 Å². The highest BCUT2D eigenvalue weighted by Gasteiger charge is 2.13. The molecule has 0 amide bonds. The summed E-state index contributed by atoms with van der Waals surface area (Å²) >= 11 is 1.50. The van der Waals surface area contributed by atoms with Crippen molar-refractivity contribution >= 4 is 27.0 Å². The third kappa shape index (κ3) is 3.01. The fourth-order valence-corrected chi connectivity index (χ4v) is 2.68. The standard InChI is InChI=1S/C10H11N3O2S2/c1-17(14,15)8-3-2-4-12-10(8)13-7-9-11-5-6-16-9/h2-6H,7H2,1H3,(H,12,13). The first kappa shape index (κ1) is 12.0. The molecule has 2 aromatic rings. The molecule has 17 heavy (non-hydrogen) atoms. The van der Waals surface area contributed by atoms with Crippen molar-refractivity contribution in [3.63, 3.8) is 0 Å². The summed E-state index contributed by atoms with van der Waals surface area (Å²) in [5.41, 5.74) is 0. The number of thiazole rings is 1. The zero-order chi connectivity index (χ0) is 12.3. The van der Waals surface area contributed by atoms with E-state index in [0.717, 1.165) is 5.01 Å². The van der Waals surface area contributed by atoms with Crippen LogP contribution >= 0.6 is 11.3 Å². The zero-order valence-corrected chi connectivity index (χ0v) is 10.8. The maximum absolute atomic E-state index is 11.5. The molecule has 0 radical (unpaired) electrons. The first-order valence-corrected chi connectivity index (χ1v) is 7.62. The van der Waals surface area contributed by atoms with E-state index in [-0.39, 0.29) is 4.90 Å². The van der Waals surface area contributed by atoms with Crippen LogP contribution in [0, 0.1) is 0 Å². The van der Waals surface area contributed by atoms with Gasteiger partial charge in [0.15, 0.2) is 9.84 Å². The molecule has 0 aliphatic rings. The van der Waals surface area contributed by atoms with Crippen LogP contribution in [0.5, 0.6) is 0 Å². The number of nitrogens with zero attached hydrogens (tertiary/aromatic N) is 2. The van der Waals surface area contributed by atoms with Crippen molar-refractivity contribution in [3.05, 3.63) is 34.9 Å². The first-order valence-electron chi connectivity index (χ1n) is 4.84. The lowest BCUT2D eigenvalue weighted by atomic mass is 10.4. The average Bonchev–Trinajstić information content (AvgIpc) is 2.78. The first-order chi connectivity index (χ1) is 8.07. The summed E-state index contributed by atoms with van der Waals surface area (Å²) in [5, 5.41) is 5.73. The van der Waals surface area contributed by atoms with Gasteiger partial charge in [0, 0.05) is 24.0 Å². The van der Waals surface area contributed by atoms with Crippen LogP contribution in [0.4, 0.5) is 5.82 Å². The van der Waals surface area contributed by atoms with Gasteiger partial charge in [0.05, 0.1) is 6.54 Å². The summed E-state index contributed by atoms with van der Waals surface area (Å²) in [5.74, 6) is 0.366. The SMILES string of the molecule is CS(=O)(=O)c1cccnc1NCc1nccs1. The number of sulfone groups is 1. The topological polar surface area (TPSA) is 72.0 Å². The number of nitrogens with one attached hydrogen (secondary N) is 1. The fraction of sp³-hybridized carbons (Fsp3) is 0.200. The quantitative estimate of drug-likeness (QED) is 0.911. The number of rotatable bonds is 4. The van der Waals surface area contributed by atoms with Gasteiger partial charge in [-0.15, -0.1) is 11.3 Å². The Kier molecular flexibility index (Phi) is 3.39. The molecule has 2 rings (SSSR count). The number of aromatic nitrogens is 2. The van der Waals surface area contributed by atoms with Gasteiger partial charge in [-0.25, -0.2) is 18.4 Å². The third-order valence-electron chi connectivity index (χ3n) is 2.06. The molecule has 0 aliphatic heterocycles. The van der Waals surface area contributed by atoms with Gasteiger partial charge >= 0.3 is 0 Å². The van der Waals surface area contributed by atoms with E-state index >= 15 is 0 Å². The Hall–Kier alpha value is -1.47. The second-order valence-corrected chi connectivity index (χ2v) is 6.36. The zero-order valence-electron chi connectivity index (χ0n) is 9.12. The molecule has 1 N–H and O–H groups in total. The molecule has 5 nitrogen and oxygen atoms in total. The van der Waals surface area contributed by atoms with Crippen LogP contribution in [0.3, 0.4) is 0 Å². The Bertz CT molecular complexity index is 594. The Morgan fingerprint density at radius 3 is 2.82 bits per heavy atom. The van der Waals surface area contributed by atoms with Gasteiger partial charge in [0.25, 0.3) is 0 Å². The van der Waals surface area contributed by atoms with E-state index in [1.165, 1.54) is 23.7 Å². The van der Waals surface area contributed by atoms with Crippen molar-refractivity contribution in [2.45, 2.75) is 11.4 Å². The van der Waals surface area contributed by atoms with Crippen molar-refractivity contribution in [3.8, 4) is 0 Å². The molecule has 0 fully saturated rings. The van der Waals surface area contributed by atoms with Crippen molar-refractivity contribution in [2.24, 2.45) is 0 Å². The molecule has 0 aliphatic carbocycles. The minimum Gasteiger partial charge on any atom is -0.362 e. The number of anilines is 1. The molecule has 0 spiro atoms. The van der Waals surface area contributed by atoms with Crippen molar-refractivity contribution in [1.82, 2.24) is 9.97 Å². The molecule has 0 atom stereocenters. The van der Waals surface area contributed by atoms with Gasteiger partial charge in [0.1, 0.15) is 15.7 Å². The second-order valence-electron chi connectivity index (χ2n) is 3.40. The maximum Gasteiger partial charge on any atom is 0.179 e. The Balaban J connectivity index is 2.22. The minimum atomic E-state index is -3.27. The van der Waals surface area contributed by atoms with Crippen LogP contribution in [-0.2, 0) is 16.4 Å². The van der Waals surface area contributed by atoms with E-state index in [4.69, 9.17) is 0 Å². The fourth-order valence-electron chi connectivity index (χ4n) is 1.32. The Morgan fingerprint density at radius 1 is 1.35 bits per heavy atom. The summed E-state index contributed by atoms with van der Waals surface area (Å²) in [6, 6.07) is 3.14. The van der Waals surface area contributed by atoms with Gasteiger partial charge in [-0.3, -0.25) is 0 Å². The van der Waals surface area contributed by atoms with Gasteiger partial charge < -0.3 is 5.32 Å². The lowest BCUT2D eigenvalue weighted by Crippen LogP contribution is -2.07. The summed E-state index contributed by atoms with van der Waals surface area (Å²) in [7, 11) is -3.27. The molecule has 2 aromatic heterocycles. The van der Waals surface area contributed by atoms with Crippen LogP contribution in [-0.4, -0.2) is 24.6 Å². The van der Waals surface area contributed by atoms with E-state index in [0.29, 0.717) is 12.4 Å². The predicted molar refractivity (Wildman–Crippen MR) is 66.8 cm³/mol. The molecule has 2 heterocycles. The lowest BCUT2D eigenvalue weighted by Gasteiger charge is -2.07. The molecular formula is C10H11N3O2S2. The molecule has 0 saturated carbocycles. The number of hydrogen-bond acceptors (Lipinski definition) is 6. The van der Waals surface area contributed by atoms with Gasteiger partial charge in [0.2, 0.25) is 0 Å². The highest BCUT2D eigenvalue weighted by molar-refractivity contribution is 7.90. The summed E-state index contributed by atoms with van der Waals surface area (Å²) in [4.78, 5) is 8.34. The van der Waals surface area contributed by atoms with Crippen LogP contribution in [0.15, 0.2) is 34.8 Å².